The predicted molar refractivity (Wildman–Crippen MR) is 72.9 cm³/mol. The molecule has 4 heteroatoms. The second-order valence-electron chi connectivity index (χ2n) is 5.62. The number of carboxylic acid groups (broad SMARTS) is 1. The van der Waals surface area contributed by atoms with Gasteiger partial charge in [0.1, 0.15) is 6.07 Å². The Hall–Kier alpha value is -2.02. The fourth-order valence-corrected chi connectivity index (χ4v) is 2.86. The zero-order valence-electron chi connectivity index (χ0n) is 11.3. The maximum absolute atomic E-state index is 11.1. The summed E-state index contributed by atoms with van der Waals surface area (Å²) in [4.78, 5) is 13.3. The van der Waals surface area contributed by atoms with Gasteiger partial charge in [-0.1, -0.05) is 12.1 Å². The van der Waals surface area contributed by atoms with E-state index in [0.717, 1.165) is 5.69 Å². The average Bonchev–Trinajstić information content (AvgIpc) is 2.37. The molecule has 1 heterocycles. The van der Waals surface area contributed by atoms with Crippen LogP contribution >= 0.6 is 0 Å². The summed E-state index contributed by atoms with van der Waals surface area (Å²) >= 11 is 0. The number of para-hydroxylation sites is 1. The molecular weight excluding hydrogens is 240 g/mol. The van der Waals surface area contributed by atoms with Gasteiger partial charge in [0.05, 0.1) is 17.2 Å². The highest BCUT2D eigenvalue weighted by Gasteiger charge is 2.38. The zero-order chi connectivity index (χ0) is 14.0. The third-order valence-electron chi connectivity index (χ3n) is 3.84. The lowest BCUT2D eigenvalue weighted by atomic mass is 9.82. The van der Waals surface area contributed by atoms with Crippen molar-refractivity contribution in [1.29, 1.82) is 5.26 Å². The largest absolute Gasteiger partial charge is 0.481 e. The summed E-state index contributed by atoms with van der Waals surface area (Å²) < 4.78 is 0. The minimum atomic E-state index is -0.721. The monoisotopic (exact) mass is 258 g/mol. The van der Waals surface area contributed by atoms with Crippen LogP contribution in [-0.4, -0.2) is 23.2 Å². The van der Waals surface area contributed by atoms with Gasteiger partial charge in [0.2, 0.25) is 0 Å². The first kappa shape index (κ1) is 13.4. The third-order valence-corrected chi connectivity index (χ3v) is 3.84. The van der Waals surface area contributed by atoms with E-state index in [-0.39, 0.29) is 11.5 Å². The van der Waals surface area contributed by atoms with Gasteiger partial charge in [0.25, 0.3) is 0 Å². The molecule has 0 aromatic heterocycles. The molecule has 0 saturated carbocycles. The Kier molecular flexibility index (Phi) is 3.48. The van der Waals surface area contributed by atoms with E-state index in [1.165, 1.54) is 0 Å². The van der Waals surface area contributed by atoms with Gasteiger partial charge in [-0.15, -0.1) is 0 Å². The summed E-state index contributed by atoms with van der Waals surface area (Å²) in [5.74, 6) is -1.01. The van der Waals surface area contributed by atoms with E-state index in [4.69, 9.17) is 5.11 Å². The molecule has 1 aliphatic rings. The highest BCUT2D eigenvalue weighted by atomic mass is 16.4. The smallest absolute Gasteiger partial charge is 0.306 e. The Bertz CT molecular complexity index is 531. The molecule has 0 radical (unpaired) electrons. The summed E-state index contributed by atoms with van der Waals surface area (Å²) in [5, 5.41) is 18.3. The summed E-state index contributed by atoms with van der Waals surface area (Å²) in [6, 6.07) is 9.70. The molecule has 0 aliphatic carbocycles. The number of piperidine rings is 1. The second-order valence-corrected chi connectivity index (χ2v) is 5.62. The molecular formula is C15H18N2O2. The number of benzene rings is 1. The average molecular weight is 258 g/mol. The number of nitriles is 1. The molecule has 1 aromatic carbocycles. The Balaban J connectivity index is 2.32. The van der Waals surface area contributed by atoms with Crippen LogP contribution in [0.25, 0.3) is 0 Å². The van der Waals surface area contributed by atoms with Gasteiger partial charge < -0.3 is 10.0 Å². The van der Waals surface area contributed by atoms with Gasteiger partial charge in [0.15, 0.2) is 0 Å². The van der Waals surface area contributed by atoms with Crippen LogP contribution in [0.4, 0.5) is 5.69 Å². The van der Waals surface area contributed by atoms with Crippen molar-refractivity contribution in [2.24, 2.45) is 5.92 Å². The molecule has 0 bridgehead atoms. The van der Waals surface area contributed by atoms with E-state index in [1.807, 2.05) is 32.0 Å². The summed E-state index contributed by atoms with van der Waals surface area (Å²) in [7, 11) is 0. The van der Waals surface area contributed by atoms with Gasteiger partial charge in [-0.2, -0.15) is 5.26 Å². The SMILES string of the molecule is CC1(C)CC(C(=O)O)CCN1c1ccccc1C#N. The number of hydrogen-bond acceptors (Lipinski definition) is 3. The maximum atomic E-state index is 11.1. The fraction of sp³-hybridized carbons (Fsp3) is 0.467. The fourth-order valence-electron chi connectivity index (χ4n) is 2.86. The zero-order valence-corrected chi connectivity index (χ0v) is 11.3. The predicted octanol–water partition coefficient (Wildman–Crippen LogP) is 2.64. The van der Waals surface area contributed by atoms with Gasteiger partial charge in [-0.05, 0) is 38.8 Å². The number of aliphatic carboxylic acids is 1. The summed E-state index contributed by atoms with van der Waals surface area (Å²) in [6.45, 7) is 4.75. The molecule has 4 nitrogen and oxygen atoms in total. The Morgan fingerprint density at radius 3 is 2.74 bits per heavy atom. The van der Waals surface area contributed by atoms with Crippen LogP contribution in [0.15, 0.2) is 24.3 Å². The van der Waals surface area contributed by atoms with Crippen LogP contribution in [-0.2, 0) is 4.79 Å². The minimum Gasteiger partial charge on any atom is -0.481 e. The quantitative estimate of drug-likeness (QED) is 0.885. The van der Waals surface area contributed by atoms with Crippen molar-refractivity contribution < 1.29 is 9.90 Å². The minimum absolute atomic E-state index is 0.256. The number of hydrogen-bond donors (Lipinski definition) is 1. The molecule has 1 unspecified atom stereocenters. The number of carbonyl (C=O) groups is 1. The van der Waals surface area contributed by atoms with Crippen molar-refractivity contribution in [1.82, 2.24) is 0 Å². The van der Waals surface area contributed by atoms with E-state index in [0.29, 0.717) is 24.9 Å². The number of rotatable bonds is 2. The first-order chi connectivity index (χ1) is 8.95. The van der Waals surface area contributed by atoms with Gasteiger partial charge >= 0.3 is 5.97 Å². The van der Waals surface area contributed by atoms with Crippen molar-refractivity contribution in [2.75, 3.05) is 11.4 Å². The van der Waals surface area contributed by atoms with E-state index in [9.17, 15) is 10.1 Å². The normalized spacial score (nSPS) is 21.7. The topological polar surface area (TPSA) is 64.3 Å². The molecule has 2 rings (SSSR count). The molecule has 19 heavy (non-hydrogen) atoms. The molecule has 0 spiro atoms. The van der Waals surface area contributed by atoms with Gasteiger partial charge in [-0.3, -0.25) is 4.79 Å². The van der Waals surface area contributed by atoms with Crippen LogP contribution in [0.1, 0.15) is 32.3 Å². The molecule has 1 N–H and O–H groups in total. The van der Waals surface area contributed by atoms with Gasteiger partial charge in [0, 0.05) is 12.1 Å². The van der Waals surface area contributed by atoms with Crippen molar-refractivity contribution in [3.63, 3.8) is 0 Å². The van der Waals surface area contributed by atoms with Crippen LogP contribution in [0.2, 0.25) is 0 Å². The Morgan fingerprint density at radius 1 is 1.47 bits per heavy atom. The Labute approximate surface area is 113 Å². The van der Waals surface area contributed by atoms with Crippen molar-refractivity contribution in [3.05, 3.63) is 29.8 Å². The van der Waals surface area contributed by atoms with Gasteiger partial charge in [-0.25, -0.2) is 0 Å². The lowest BCUT2D eigenvalue weighted by molar-refractivity contribution is -0.143. The standard InChI is InChI=1S/C15H18N2O2/c1-15(2)9-11(14(18)19)7-8-17(15)13-6-4-3-5-12(13)10-16/h3-6,11H,7-9H2,1-2H3,(H,18,19). The van der Waals surface area contributed by atoms with Crippen LogP contribution < -0.4 is 4.90 Å². The molecule has 0 amide bonds. The summed E-state index contributed by atoms with van der Waals surface area (Å²) in [6.07, 6.45) is 1.22. The molecule has 1 aliphatic heterocycles. The first-order valence-corrected chi connectivity index (χ1v) is 6.45. The first-order valence-electron chi connectivity index (χ1n) is 6.45. The number of nitrogens with zero attached hydrogens (tertiary/aromatic N) is 2. The lowest BCUT2D eigenvalue weighted by Crippen LogP contribution is -2.51. The molecule has 1 saturated heterocycles. The number of carboxylic acids is 1. The maximum Gasteiger partial charge on any atom is 0.306 e. The molecule has 1 fully saturated rings. The van der Waals surface area contributed by atoms with E-state index < -0.39 is 5.97 Å². The van der Waals surface area contributed by atoms with Crippen LogP contribution in [0.3, 0.4) is 0 Å². The van der Waals surface area contributed by atoms with E-state index in [2.05, 4.69) is 11.0 Å². The summed E-state index contributed by atoms with van der Waals surface area (Å²) in [5.41, 5.74) is 1.29. The molecule has 100 valence electrons. The third kappa shape index (κ3) is 2.55. The van der Waals surface area contributed by atoms with E-state index >= 15 is 0 Å². The molecule has 1 atom stereocenters. The highest BCUT2D eigenvalue weighted by Crippen LogP contribution is 2.36. The van der Waals surface area contributed by atoms with Crippen LogP contribution in [0.5, 0.6) is 0 Å². The van der Waals surface area contributed by atoms with Crippen molar-refractivity contribution in [3.8, 4) is 6.07 Å². The van der Waals surface area contributed by atoms with Crippen LogP contribution in [0, 0.1) is 17.2 Å². The highest BCUT2D eigenvalue weighted by molar-refractivity contribution is 5.71. The van der Waals surface area contributed by atoms with Crippen molar-refractivity contribution >= 4 is 11.7 Å². The molecule has 1 aromatic rings. The Morgan fingerprint density at radius 2 is 2.16 bits per heavy atom. The second kappa shape index (κ2) is 4.93. The van der Waals surface area contributed by atoms with Crippen molar-refractivity contribution in [2.45, 2.75) is 32.2 Å². The number of anilines is 1. The lowest BCUT2D eigenvalue weighted by Gasteiger charge is -2.46. The van der Waals surface area contributed by atoms with E-state index in [1.54, 1.807) is 6.07 Å².